The van der Waals surface area contributed by atoms with Crippen molar-refractivity contribution in [3.8, 4) is 0 Å². The Kier molecular flexibility index (Phi) is 7.44. The summed E-state index contributed by atoms with van der Waals surface area (Å²) in [4.78, 5) is 0. The maximum absolute atomic E-state index is 2.53. The molecule has 0 bridgehead atoms. The second-order valence-electron chi connectivity index (χ2n) is 9.40. The first-order chi connectivity index (χ1) is 16.1. The van der Waals surface area contributed by atoms with E-state index >= 15 is 0 Å². The first-order valence-corrected chi connectivity index (χ1v) is 14.1. The van der Waals surface area contributed by atoms with Crippen LogP contribution in [0.15, 0.2) is 109 Å². The minimum absolute atomic E-state index is 0. The average molecular weight is 573 g/mol. The number of rotatable bonds is 4. The molecule has 4 aromatic carbocycles. The maximum atomic E-state index is 2.53. The Morgan fingerprint density at radius 2 is 0.800 bits per heavy atom. The molecule has 0 nitrogen and oxygen atoms in total. The van der Waals surface area contributed by atoms with E-state index in [9.17, 15) is 0 Å². The largest absolute Gasteiger partial charge is 1.00 e. The average Bonchev–Trinajstić information content (AvgIpc) is 3.32. The Hall–Kier alpha value is -2.18. The van der Waals surface area contributed by atoms with E-state index in [1.54, 1.807) is 0 Å². The van der Waals surface area contributed by atoms with Crippen LogP contribution in [0.4, 0.5) is 0 Å². The second kappa shape index (κ2) is 10.1. The van der Waals surface area contributed by atoms with E-state index in [0.717, 1.165) is 0 Å². The van der Waals surface area contributed by atoms with Gasteiger partial charge in [0.2, 0.25) is 0 Å². The molecule has 2 unspecified atom stereocenters. The van der Waals surface area contributed by atoms with Crippen molar-refractivity contribution in [2.75, 3.05) is 0 Å². The third-order valence-electron chi connectivity index (χ3n) is 7.35. The number of benzene rings is 4. The van der Waals surface area contributed by atoms with E-state index in [4.69, 9.17) is 0 Å². The van der Waals surface area contributed by atoms with Crippen molar-refractivity contribution in [1.82, 2.24) is 0 Å². The molecule has 3 heteroatoms. The molecule has 0 radical (unpaired) electrons. The van der Waals surface area contributed by atoms with E-state index < -0.39 is 23.2 Å². The van der Waals surface area contributed by atoms with Gasteiger partial charge >= 0.3 is 209 Å². The standard InChI is InChI=1S/2C16H13.2ClH.Zr/c2*1-12-15-10-6-5-9-14(15)11-16(12)13-7-3-2-4-8-13;;;/h2*2-11H,1H3;2*1H;/q;;;;+2/p-2. The molecule has 2 atom stereocenters. The quantitative estimate of drug-likeness (QED) is 0.351. The van der Waals surface area contributed by atoms with Crippen LogP contribution in [0.5, 0.6) is 0 Å². The van der Waals surface area contributed by atoms with E-state index in [1.807, 2.05) is 0 Å². The van der Waals surface area contributed by atoms with Crippen molar-refractivity contribution in [3.63, 3.8) is 0 Å². The van der Waals surface area contributed by atoms with Gasteiger partial charge in [0, 0.05) is 0 Å². The molecule has 0 aromatic heterocycles. The molecular weight excluding hydrogens is 546 g/mol. The molecule has 6 rings (SSSR count). The van der Waals surface area contributed by atoms with Crippen LogP contribution in [0.3, 0.4) is 0 Å². The van der Waals surface area contributed by atoms with Crippen molar-refractivity contribution < 1.29 is 48.0 Å². The van der Waals surface area contributed by atoms with Crippen molar-refractivity contribution in [2.45, 2.75) is 20.1 Å². The summed E-state index contributed by atoms with van der Waals surface area (Å²) in [5.41, 5.74) is 11.5. The molecule has 0 aliphatic heterocycles. The fourth-order valence-corrected chi connectivity index (χ4v) is 11.8. The molecule has 0 saturated heterocycles. The summed E-state index contributed by atoms with van der Waals surface area (Å²) in [5, 5.41) is 0. The van der Waals surface area contributed by atoms with Crippen molar-refractivity contribution >= 4 is 23.3 Å². The Labute approximate surface area is 232 Å². The van der Waals surface area contributed by atoms with Gasteiger partial charge < -0.3 is 24.8 Å². The van der Waals surface area contributed by atoms with Crippen LogP contribution in [0, 0.1) is 0 Å². The molecule has 0 amide bonds. The number of allylic oxidation sites excluding steroid dienone is 2. The fourth-order valence-electron chi connectivity index (χ4n) is 5.80. The van der Waals surface area contributed by atoms with Gasteiger partial charge in [0.15, 0.2) is 0 Å². The molecule has 2 aliphatic carbocycles. The molecule has 4 aromatic rings. The zero-order chi connectivity index (χ0) is 22.5. The molecule has 0 spiro atoms. The maximum Gasteiger partial charge on any atom is -1.00 e. The Balaban J connectivity index is 0.00000144. The predicted octanol–water partition coefficient (Wildman–Crippen LogP) is 2.02. The fraction of sp³-hybridized carbons (Fsp3) is 0.125. The number of halogens is 2. The van der Waals surface area contributed by atoms with Gasteiger partial charge in [-0.05, 0) is 0 Å². The van der Waals surface area contributed by atoms with Crippen molar-refractivity contribution in [1.29, 1.82) is 0 Å². The molecule has 0 heterocycles. The van der Waals surface area contributed by atoms with Crippen LogP contribution >= 0.6 is 0 Å². The van der Waals surface area contributed by atoms with Gasteiger partial charge in [0.05, 0.1) is 0 Å². The van der Waals surface area contributed by atoms with E-state index in [0.29, 0.717) is 0 Å². The van der Waals surface area contributed by atoms with Gasteiger partial charge in [-0.3, -0.25) is 0 Å². The topological polar surface area (TPSA) is 0 Å². The van der Waals surface area contributed by atoms with Gasteiger partial charge in [0.1, 0.15) is 0 Å². The smallest absolute Gasteiger partial charge is 1.00 e. The third kappa shape index (κ3) is 4.23. The summed E-state index contributed by atoms with van der Waals surface area (Å²) in [5.74, 6) is 0. The molecule has 35 heavy (non-hydrogen) atoms. The Bertz CT molecular complexity index is 1300. The first-order valence-electron chi connectivity index (χ1n) is 11.6. The van der Waals surface area contributed by atoms with E-state index in [2.05, 4.69) is 135 Å². The zero-order valence-electron chi connectivity index (χ0n) is 19.8. The summed E-state index contributed by atoms with van der Waals surface area (Å²) in [7, 11) is 0. The summed E-state index contributed by atoms with van der Waals surface area (Å²) in [6.45, 7) is 5.05. The molecular formula is C32H26Cl2Zr. The van der Waals surface area contributed by atoms with Crippen LogP contribution in [0.2, 0.25) is 0 Å². The normalized spacial score (nSPS) is 21.4. The molecule has 0 N–H and O–H groups in total. The number of hydrogen-bond acceptors (Lipinski definition) is 0. The van der Waals surface area contributed by atoms with E-state index in [-0.39, 0.29) is 31.1 Å². The number of hydrogen-bond donors (Lipinski definition) is 0. The third-order valence-corrected chi connectivity index (χ3v) is 12.5. The van der Waals surface area contributed by atoms with E-state index in [1.165, 1.54) is 44.5 Å². The summed E-state index contributed by atoms with van der Waals surface area (Å²) >= 11 is -1.16. The van der Waals surface area contributed by atoms with Crippen LogP contribution in [-0.2, 0) is 29.5 Å². The summed E-state index contributed by atoms with van der Waals surface area (Å²) in [6, 6.07) is 40.2. The van der Waals surface area contributed by atoms with Crippen LogP contribution < -0.4 is 24.8 Å². The van der Waals surface area contributed by atoms with Crippen molar-refractivity contribution in [3.05, 3.63) is 143 Å². The summed E-state index contributed by atoms with van der Waals surface area (Å²) in [6.07, 6.45) is 4.92. The molecule has 0 saturated carbocycles. The molecule has 0 fully saturated rings. The number of fused-ring (bicyclic) bond motifs is 2. The second-order valence-corrected chi connectivity index (χ2v) is 14.9. The van der Waals surface area contributed by atoms with Crippen LogP contribution in [-0.4, -0.2) is 0 Å². The van der Waals surface area contributed by atoms with Gasteiger partial charge in [-0.15, -0.1) is 0 Å². The molecule has 2 aliphatic rings. The van der Waals surface area contributed by atoms with Gasteiger partial charge in [-0.1, -0.05) is 0 Å². The minimum atomic E-state index is -1.16. The van der Waals surface area contributed by atoms with Gasteiger partial charge in [-0.2, -0.15) is 0 Å². The van der Waals surface area contributed by atoms with Crippen molar-refractivity contribution in [2.24, 2.45) is 0 Å². The first kappa shape index (κ1) is 25.9. The molecule has 172 valence electrons. The Morgan fingerprint density at radius 1 is 0.457 bits per heavy atom. The SMILES string of the molecule is C[C]1([Zr+2][C]2(C)C(c3ccccc3)=Cc3ccccc32)C(c2ccccc2)=Cc2ccccc21.[Cl-].[Cl-]. The predicted molar refractivity (Wildman–Crippen MR) is 136 cm³/mol. The Morgan fingerprint density at radius 3 is 1.20 bits per heavy atom. The van der Waals surface area contributed by atoms with Gasteiger partial charge in [0.25, 0.3) is 0 Å². The zero-order valence-corrected chi connectivity index (χ0v) is 23.8. The monoisotopic (exact) mass is 570 g/mol. The van der Waals surface area contributed by atoms with Crippen LogP contribution in [0.25, 0.3) is 23.3 Å². The van der Waals surface area contributed by atoms with Crippen LogP contribution in [0.1, 0.15) is 47.2 Å². The summed E-state index contributed by atoms with van der Waals surface area (Å²) < 4.78 is 0.142. The minimum Gasteiger partial charge on any atom is -1.00 e. The van der Waals surface area contributed by atoms with Gasteiger partial charge in [-0.25, -0.2) is 0 Å².